The summed E-state index contributed by atoms with van der Waals surface area (Å²) in [6.45, 7) is 1.91. The molecular formula is C10H7BrFN. The number of nitrogens with zero attached hydrogens (tertiary/aromatic N) is 1. The molecule has 2 rings (SSSR count). The molecule has 1 nitrogen and oxygen atoms in total. The van der Waals surface area contributed by atoms with E-state index in [4.69, 9.17) is 0 Å². The van der Waals surface area contributed by atoms with Crippen LogP contribution in [0.3, 0.4) is 0 Å². The third kappa shape index (κ3) is 1.56. The monoisotopic (exact) mass is 239 g/mol. The van der Waals surface area contributed by atoms with E-state index in [1.807, 2.05) is 13.0 Å². The zero-order valence-corrected chi connectivity index (χ0v) is 8.60. The summed E-state index contributed by atoms with van der Waals surface area (Å²) in [5.41, 5.74) is 0.922. The van der Waals surface area contributed by atoms with E-state index in [1.165, 1.54) is 12.1 Å². The molecule has 0 spiro atoms. The molecule has 1 heterocycles. The fraction of sp³-hybridized carbons (Fsp3) is 0.100. The van der Waals surface area contributed by atoms with Crippen LogP contribution in [-0.2, 0) is 0 Å². The van der Waals surface area contributed by atoms with Crippen molar-refractivity contribution < 1.29 is 4.39 Å². The van der Waals surface area contributed by atoms with Crippen LogP contribution in [0.4, 0.5) is 4.39 Å². The summed E-state index contributed by atoms with van der Waals surface area (Å²) in [7, 11) is 0. The van der Waals surface area contributed by atoms with Crippen molar-refractivity contribution in [1.29, 1.82) is 0 Å². The van der Waals surface area contributed by atoms with Crippen LogP contribution in [-0.4, -0.2) is 4.98 Å². The first-order valence-corrected chi connectivity index (χ1v) is 4.68. The lowest BCUT2D eigenvalue weighted by Crippen LogP contribution is -1.85. The van der Waals surface area contributed by atoms with Gasteiger partial charge < -0.3 is 0 Å². The van der Waals surface area contributed by atoms with Crippen LogP contribution >= 0.6 is 15.9 Å². The SMILES string of the molecule is Cc1cc2ccc(F)cc2c(Br)n1. The number of aryl methyl sites for hydroxylation is 1. The van der Waals surface area contributed by atoms with Gasteiger partial charge in [0.25, 0.3) is 0 Å². The van der Waals surface area contributed by atoms with Crippen LogP contribution in [0.1, 0.15) is 5.69 Å². The fourth-order valence-electron chi connectivity index (χ4n) is 1.31. The number of rotatable bonds is 0. The number of benzene rings is 1. The normalized spacial score (nSPS) is 10.7. The molecule has 2 aromatic rings. The van der Waals surface area contributed by atoms with Gasteiger partial charge in [-0.05, 0) is 46.4 Å². The second-order valence-electron chi connectivity index (χ2n) is 2.92. The number of fused-ring (bicyclic) bond motifs is 1. The average molecular weight is 240 g/mol. The highest BCUT2D eigenvalue weighted by Gasteiger charge is 2.02. The maximum absolute atomic E-state index is 12.9. The Balaban J connectivity index is 2.87. The Labute approximate surface area is 83.7 Å². The smallest absolute Gasteiger partial charge is 0.123 e. The largest absolute Gasteiger partial charge is 0.246 e. The van der Waals surface area contributed by atoms with E-state index in [0.717, 1.165) is 16.5 Å². The van der Waals surface area contributed by atoms with Gasteiger partial charge in [0.05, 0.1) is 0 Å². The predicted molar refractivity (Wildman–Crippen MR) is 54.1 cm³/mol. The van der Waals surface area contributed by atoms with Gasteiger partial charge in [-0.2, -0.15) is 0 Å². The van der Waals surface area contributed by atoms with Crippen molar-refractivity contribution in [3.05, 3.63) is 40.4 Å². The molecule has 1 aromatic heterocycles. The molecule has 0 aliphatic carbocycles. The van der Waals surface area contributed by atoms with Crippen molar-refractivity contribution in [3.63, 3.8) is 0 Å². The minimum absolute atomic E-state index is 0.237. The zero-order chi connectivity index (χ0) is 9.42. The summed E-state index contributed by atoms with van der Waals surface area (Å²) >= 11 is 3.30. The van der Waals surface area contributed by atoms with Crippen molar-refractivity contribution in [1.82, 2.24) is 4.98 Å². The van der Waals surface area contributed by atoms with Gasteiger partial charge in [-0.25, -0.2) is 9.37 Å². The summed E-state index contributed by atoms with van der Waals surface area (Å²) in [5.74, 6) is -0.237. The molecule has 0 bridgehead atoms. The van der Waals surface area contributed by atoms with E-state index in [9.17, 15) is 4.39 Å². The van der Waals surface area contributed by atoms with E-state index >= 15 is 0 Å². The quantitative estimate of drug-likeness (QED) is 0.642. The lowest BCUT2D eigenvalue weighted by Gasteiger charge is -2.01. The Kier molecular flexibility index (Phi) is 2.04. The van der Waals surface area contributed by atoms with Crippen LogP contribution in [0.25, 0.3) is 10.8 Å². The van der Waals surface area contributed by atoms with E-state index in [1.54, 1.807) is 6.07 Å². The predicted octanol–water partition coefficient (Wildman–Crippen LogP) is 3.44. The van der Waals surface area contributed by atoms with Crippen molar-refractivity contribution in [2.24, 2.45) is 0 Å². The van der Waals surface area contributed by atoms with Crippen LogP contribution in [0.2, 0.25) is 0 Å². The third-order valence-corrected chi connectivity index (χ3v) is 2.48. The van der Waals surface area contributed by atoms with Gasteiger partial charge in [0.15, 0.2) is 0 Å². The molecule has 1 aromatic carbocycles. The van der Waals surface area contributed by atoms with Gasteiger partial charge in [0.1, 0.15) is 10.4 Å². The molecule has 0 fully saturated rings. The Hall–Kier alpha value is -0.960. The summed E-state index contributed by atoms with van der Waals surface area (Å²) in [4.78, 5) is 4.19. The highest BCUT2D eigenvalue weighted by atomic mass is 79.9. The Morgan fingerprint density at radius 2 is 2.08 bits per heavy atom. The molecule has 0 unspecified atom stereocenters. The first kappa shape index (κ1) is 8.63. The molecule has 0 atom stereocenters. The van der Waals surface area contributed by atoms with Gasteiger partial charge in [-0.3, -0.25) is 0 Å². The molecule has 0 amide bonds. The molecule has 66 valence electrons. The van der Waals surface area contributed by atoms with Crippen molar-refractivity contribution in [3.8, 4) is 0 Å². The lowest BCUT2D eigenvalue weighted by atomic mass is 10.1. The van der Waals surface area contributed by atoms with Crippen LogP contribution < -0.4 is 0 Å². The first-order valence-electron chi connectivity index (χ1n) is 3.89. The minimum Gasteiger partial charge on any atom is -0.246 e. The molecule has 0 aliphatic heterocycles. The molecular weight excluding hydrogens is 233 g/mol. The lowest BCUT2D eigenvalue weighted by molar-refractivity contribution is 0.629. The highest BCUT2D eigenvalue weighted by molar-refractivity contribution is 9.10. The summed E-state index contributed by atoms with van der Waals surface area (Å²) < 4.78 is 13.6. The second kappa shape index (κ2) is 3.07. The number of halogens is 2. The molecule has 3 heteroatoms. The Morgan fingerprint density at radius 1 is 1.31 bits per heavy atom. The third-order valence-electron chi connectivity index (χ3n) is 1.88. The molecule has 0 saturated carbocycles. The van der Waals surface area contributed by atoms with Gasteiger partial charge in [-0.15, -0.1) is 0 Å². The van der Waals surface area contributed by atoms with Crippen LogP contribution in [0, 0.1) is 12.7 Å². The maximum atomic E-state index is 12.9. The zero-order valence-electron chi connectivity index (χ0n) is 7.01. The van der Waals surface area contributed by atoms with Gasteiger partial charge in [0, 0.05) is 11.1 Å². The van der Waals surface area contributed by atoms with Crippen LogP contribution in [0.15, 0.2) is 28.9 Å². The number of pyridine rings is 1. The minimum atomic E-state index is -0.237. The average Bonchev–Trinajstić information content (AvgIpc) is 2.06. The second-order valence-corrected chi connectivity index (χ2v) is 3.67. The standard InChI is InChI=1S/C10H7BrFN/c1-6-4-7-2-3-8(12)5-9(7)10(11)13-6/h2-5H,1H3. The van der Waals surface area contributed by atoms with Crippen molar-refractivity contribution in [2.45, 2.75) is 6.92 Å². The van der Waals surface area contributed by atoms with Crippen molar-refractivity contribution >= 4 is 26.7 Å². The fourth-order valence-corrected chi connectivity index (χ4v) is 1.93. The van der Waals surface area contributed by atoms with E-state index in [0.29, 0.717) is 4.60 Å². The van der Waals surface area contributed by atoms with Gasteiger partial charge in [-0.1, -0.05) is 6.07 Å². The van der Waals surface area contributed by atoms with E-state index in [2.05, 4.69) is 20.9 Å². The molecule has 0 saturated heterocycles. The van der Waals surface area contributed by atoms with E-state index in [-0.39, 0.29) is 5.82 Å². The Morgan fingerprint density at radius 3 is 2.85 bits per heavy atom. The number of hydrogen-bond acceptors (Lipinski definition) is 1. The molecule has 0 N–H and O–H groups in total. The van der Waals surface area contributed by atoms with E-state index < -0.39 is 0 Å². The number of aromatic nitrogens is 1. The van der Waals surface area contributed by atoms with Gasteiger partial charge >= 0.3 is 0 Å². The topological polar surface area (TPSA) is 12.9 Å². The summed E-state index contributed by atoms with van der Waals surface area (Å²) in [6.07, 6.45) is 0. The molecule has 13 heavy (non-hydrogen) atoms. The summed E-state index contributed by atoms with van der Waals surface area (Å²) in [5, 5.41) is 1.81. The Bertz CT molecular complexity index is 468. The van der Waals surface area contributed by atoms with Crippen LogP contribution in [0.5, 0.6) is 0 Å². The molecule has 0 aliphatic rings. The van der Waals surface area contributed by atoms with Gasteiger partial charge in [0.2, 0.25) is 0 Å². The highest BCUT2D eigenvalue weighted by Crippen LogP contribution is 2.23. The maximum Gasteiger partial charge on any atom is 0.123 e. The summed E-state index contributed by atoms with van der Waals surface area (Å²) in [6, 6.07) is 6.61. The number of hydrogen-bond donors (Lipinski definition) is 0. The molecule has 0 radical (unpaired) electrons. The first-order chi connectivity index (χ1) is 6.16. The van der Waals surface area contributed by atoms with Crippen molar-refractivity contribution in [2.75, 3.05) is 0 Å².